The smallest absolute Gasteiger partial charge is 0.406 e. The zero-order chi connectivity index (χ0) is 21.1. The van der Waals surface area contributed by atoms with E-state index in [0.29, 0.717) is 5.41 Å². The minimum absolute atomic E-state index is 0.208. The molecule has 0 amide bonds. The Labute approximate surface area is 171 Å². The van der Waals surface area contributed by atoms with Crippen LogP contribution in [0.2, 0.25) is 0 Å². The fourth-order valence-corrected chi connectivity index (χ4v) is 4.12. The maximum atomic E-state index is 12.3. The first kappa shape index (κ1) is 21.5. The standard InChI is InChI=1S/C24H30F3NO/c1-23(2,3)20-10-4-17(5-11-20)16-28-21-12-6-18(7-13-21)19-8-14-22(15-9-19)29-24(25,26)27/h6-9,12-15,17,20,28H,4-5,10-11,16H2,1-3H3. The van der Waals surface area contributed by atoms with Gasteiger partial charge in [-0.1, -0.05) is 45.0 Å². The zero-order valence-electron chi connectivity index (χ0n) is 17.4. The Morgan fingerprint density at radius 1 is 0.828 bits per heavy atom. The van der Waals surface area contributed by atoms with Crippen molar-refractivity contribution < 1.29 is 17.9 Å². The second kappa shape index (κ2) is 8.68. The van der Waals surface area contributed by atoms with Crippen LogP contribution in [0.3, 0.4) is 0 Å². The van der Waals surface area contributed by atoms with E-state index in [-0.39, 0.29) is 5.75 Å². The topological polar surface area (TPSA) is 21.3 Å². The van der Waals surface area contributed by atoms with Crippen molar-refractivity contribution in [1.29, 1.82) is 0 Å². The molecule has 0 heterocycles. The van der Waals surface area contributed by atoms with Crippen LogP contribution in [0.15, 0.2) is 48.5 Å². The lowest BCUT2D eigenvalue weighted by molar-refractivity contribution is -0.274. The highest BCUT2D eigenvalue weighted by molar-refractivity contribution is 5.66. The molecular formula is C24H30F3NO. The van der Waals surface area contributed by atoms with Gasteiger partial charge in [-0.3, -0.25) is 0 Å². The first-order valence-corrected chi connectivity index (χ1v) is 10.3. The first-order valence-electron chi connectivity index (χ1n) is 10.3. The number of nitrogens with one attached hydrogen (secondary N) is 1. The fraction of sp³-hybridized carbons (Fsp3) is 0.500. The Bertz CT molecular complexity index is 768. The Balaban J connectivity index is 1.50. The van der Waals surface area contributed by atoms with Crippen LogP contribution in [-0.2, 0) is 0 Å². The summed E-state index contributed by atoms with van der Waals surface area (Å²) >= 11 is 0. The molecule has 1 fully saturated rings. The van der Waals surface area contributed by atoms with Crippen LogP contribution in [0.1, 0.15) is 46.5 Å². The van der Waals surface area contributed by atoms with Crippen LogP contribution in [-0.4, -0.2) is 12.9 Å². The summed E-state index contributed by atoms with van der Waals surface area (Å²) in [5.74, 6) is 1.33. The lowest BCUT2D eigenvalue weighted by atomic mass is 9.70. The van der Waals surface area contributed by atoms with Gasteiger partial charge in [-0.2, -0.15) is 0 Å². The molecule has 0 spiro atoms. The number of hydrogen-bond donors (Lipinski definition) is 1. The van der Waals surface area contributed by atoms with E-state index in [4.69, 9.17) is 0 Å². The van der Waals surface area contributed by atoms with Gasteiger partial charge >= 0.3 is 6.36 Å². The third-order valence-corrected chi connectivity index (χ3v) is 5.97. The monoisotopic (exact) mass is 405 g/mol. The van der Waals surface area contributed by atoms with E-state index in [9.17, 15) is 13.2 Å². The molecule has 3 rings (SSSR count). The van der Waals surface area contributed by atoms with Crippen LogP contribution in [0, 0.1) is 17.3 Å². The Hall–Kier alpha value is -2.17. The van der Waals surface area contributed by atoms with Crippen molar-refractivity contribution in [2.45, 2.75) is 52.8 Å². The van der Waals surface area contributed by atoms with Crippen molar-refractivity contribution in [1.82, 2.24) is 0 Å². The summed E-state index contributed by atoms with van der Waals surface area (Å²) < 4.78 is 40.7. The van der Waals surface area contributed by atoms with Gasteiger partial charge in [-0.05, 0) is 78.3 Å². The average Bonchev–Trinajstić information content (AvgIpc) is 2.66. The van der Waals surface area contributed by atoms with Crippen LogP contribution in [0.4, 0.5) is 18.9 Å². The largest absolute Gasteiger partial charge is 0.573 e. The maximum absolute atomic E-state index is 12.3. The van der Waals surface area contributed by atoms with Gasteiger partial charge < -0.3 is 10.1 Å². The molecule has 1 aliphatic rings. The molecular weight excluding hydrogens is 375 g/mol. The molecule has 0 aromatic heterocycles. The van der Waals surface area contributed by atoms with Crippen molar-refractivity contribution in [2.24, 2.45) is 17.3 Å². The summed E-state index contributed by atoms with van der Waals surface area (Å²) in [4.78, 5) is 0. The minimum atomic E-state index is -4.67. The second-order valence-corrected chi connectivity index (χ2v) is 9.11. The molecule has 1 saturated carbocycles. The molecule has 0 bridgehead atoms. The maximum Gasteiger partial charge on any atom is 0.573 e. The van der Waals surface area contributed by atoms with E-state index in [1.54, 1.807) is 12.1 Å². The summed E-state index contributed by atoms with van der Waals surface area (Å²) in [5.41, 5.74) is 3.29. The predicted octanol–water partition coefficient (Wildman–Crippen LogP) is 7.52. The number of alkyl halides is 3. The van der Waals surface area contributed by atoms with Gasteiger partial charge in [0.2, 0.25) is 0 Å². The molecule has 2 nitrogen and oxygen atoms in total. The van der Waals surface area contributed by atoms with E-state index < -0.39 is 6.36 Å². The molecule has 0 unspecified atom stereocenters. The summed E-state index contributed by atoms with van der Waals surface area (Å²) in [6, 6.07) is 14.0. The van der Waals surface area contributed by atoms with Crippen molar-refractivity contribution in [3.8, 4) is 16.9 Å². The number of ether oxygens (including phenoxy) is 1. The van der Waals surface area contributed by atoms with Crippen LogP contribution in [0.5, 0.6) is 5.75 Å². The van der Waals surface area contributed by atoms with Gasteiger partial charge in [0, 0.05) is 12.2 Å². The number of halogens is 3. The Morgan fingerprint density at radius 2 is 1.34 bits per heavy atom. The molecule has 5 heteroatoms. The molecule has 1 aliphatic carbocycles. The first-order chi connectivity index (χ1) is 13.6. The molecule has 1 N–H and O–H groups in total. The molecule has 158 valence electrons. The van der Waals surface area contributed by atoms with Crippen molar-refractivity contribution >= 4 is 5.69 Å². The van der Waals surface area contributed by atoms with Crippen LogP contribution >= 0.6 is 0 Å². The van der Waals surface area contributed by atoms with E-state index in [1.807, 2.05) is 24.3 Å². The average molecular weight is 406 g/mol. The van der Waals surface area contributed by atoms with Crippen molar-refractivity contribution in [3.63, 3.8) is 0 Å². The van der Waals surface area contributed by atoms with E-state index in [0.717, 1.165) is 35.2 Å². The molecule has 2 aromatic carbocycles. The number of benzene rings is 2. The molecule has 0 saturated heterocycles. The minimum Gasteiger partial charge on any atom is -0.406 e. The van der Waals surface area contributed by atoms with Gasteiger partial charge in [0.15, 0.2) is 0 Å². The quantitative estimate of drug-likeness (QED) is 0.555. The lowest BCUT2D eigenvalue weighted by Crippen LogP contribution is -2.28. The predicted molar refractivity (Wildman–Crippen MR) is 112 cm³/mol. The van der Waals surface area contributed by atoms with Gasteiger partial charge in [0.25, 0.3) is 0 Å². The van der Waals surface area contributed by atoms with E-state index in [2.05, 4.69) is 30.8 Å². The van der Waals surface area contributed by atoms with E-state index in [1.165, 1.54) is 37.8 Å². The number of hydrogen-bond acceptors (Lipinski definition) is 2. The Morgan fingerprint density at radius 3 is 1.83 bits per heavy atom. The second-order valence-electron chi connectivity index (χ2n) is 9.11. The summed E-state index contributed by atoms with van der Waals surface area (Å²) in [5, 5.41) is 3.54. The Kier molecular flexibility index (Phi) is 6.45. The van der Waals surface area contributed by atoms with Gasteiger partial charge in [-0.15, -0.1) is 13.2 Å². The highest BCUT2D eigenvalue weighted by Gasteiger charge is 2.31. The van der Waals surface area contributed by atoms with E-state index >= 15 is 0 Å². The summed E-state index contributed by atoms with van der Waals surface area (Å²) in [7, 11) is 0. The summed E-state index contributed by atoms with van der Waals surface area (Å²) in [6.07, 6.45) is 0.505. The third-order valence-electron chi connectivity index (χ3n) is 5.97. The lowest BCUT2D eigenvalue weighted by Gasteiger charge is -2.37. The third kappa shape index (κ3) is 6.41. The highest BCUT2D eigenvalue weighted by Crippen LogP contribution is 2.39. The van der Waals surface area contributed by atoms with Gasteiger partial charge in [0.05, 0.1) is 0 Å². The van der Waals surface area contributed by atoms with Gasteiger partial charge in [-0.25, -0.2) is 0 Å². The fourth-order valence-electron chi connectivity index (χ4n) is 4.12. The molecule has 0 aliphatic heterocycles. The highest BCUT2D eigenvalue weighted by atomic mass is 19.4. The molecule has 2 aromatic rings. The molecule has 29 heavy (non-hydrogen) atoms. The normalized spacial score (nSPS) is 20.3. The van der Waals surface area contributed by atoms with Crippen molar-refractivity contribution in [2.75, 3.05) is 11.9 Å². The van der Waals surface area contributed by atoms with Gasteiger partial charge in [0.1, 0.15) is 5.75 Å². The SMILES string of the molecule is CC(C)(C)C1CCC(CNc2ccc(-c3ccc(OC(F)(F)F)cc3)cc2)CC1. The molecule has 0 atom stereocenters. The number of rotatable bonds is 5. The summed E-state index contributed by atoms with van der Waals surface area (Å²) in [6.45, 7) is 8.01. The molecule has 0 radical (unpaired) electrons. The zero-order valence-corrected chi connectivity index (χ0v) is 17.4. The van der Waals surface area contributed by atoms with Crippen LogP contribution in [0.25, 0.3) is 11.1 Å². The van der Waals surface area contributed by atoms with Crippen LogP contribution < -0.4 is 10.1 Å². The van der Waals surface area contributed by atoms with Crippen molar-refractivity contribution in [3.05, 3.63) is 48.5 Å². The number of anilines is 1.